The van der Waals surface area contributed by atoms with Crippen LogP contribution in [0.25, 0.3) is 0 Å². The van der Waals surface area contributed by atoms with Crippen LogP contribution in [0.3, 0.4) is 0 Å². The maximum absolute atomic E-state index is 12.1. The van der Waals surface area contributed by atoms with Crippen LogP contribution in [0.4, 0.5) is 4.39 Å². The molecule has 0 aliphatic rings. The summed E-state index contributed by atoms with van der Waals surface area (Å²) in [4.78, 5) is 11.6. The maximum atomic E-state index is 12.1. The molecule has 1 rings (SSSR count). The molecule has 0 saturated heterocycles. The second-order valence-electron chi connectivity index (χ2n) is 3.10. The fraction of sp³-hybridized carbons (Fsp3) is 0.400. The summed E-state index contributed by atoms with van der Waals surface area (Å²) in [5.74, 6) is 0. The zero-order chi connectivity index (χ0) is 10.7. The highest BCUT2D eigenvalue weighted by molar-refractivity contribution is 5.36. The van der Waals surface area contributed by atoms with E-state index in [-0.39, 0.29) is 12.1 Å². The van der Waals surface area contributed by atoms with Gasteiger partial charge in [0.2, 0.25) is 0 Å². The molecule has 0 fully saturated rings. The zero-order valence-corrected chi connectivity index (χ0v) is 8.17. The van der Waals surface area contributed by atoms with Gasteiger partial charge in [0, 0.05) is 5.69 Å². The van der Waals surface area contributed by atoms with Crippen LogP contribution < -0.4 is 5.56 Å². The molecule has 1 aromatic rings. The molecule has 4 heteroatoms. The van der Waals surface area contributed by atoms with Crippen molar-refractivity contribution in [2.45, 2.75) is 20.4 Å². The van der Waals surface area contributed by atoms with Gasteiger partial charge in [-0.1, -0.05) is 0 Å². The summed E-state index contributed by atoms with van der Waals surface area (Å²) in [6.45, 7) is 2.84. The van der Waals surface area contributed by atoms with Crippen molar-refractivity contribution in [3.05, 3.63) is 33.2 Å². The van der Waals surface area contributed by atoms with Gasteiger partial charge in [0.1, 0.15) is 18.3 Å². The van der Waals surface area contributed by atoms with E-state index < -0.39 is 12.2 Å². The summed E-state index contributed by atoms with van der Waals surface area (Å²) < 4.78 is 13.4. The number of aromatic nitrogens is 1. The van der Waals surface area contributed by atoms with E-state index in [1.54, 1.807) is 19.9 Å². The topological polar surface area (TPSA) is 45.8 Å². The molecule has 0 aliphatic carbocycles. The Hall–Kier alpha value is -1.63. The van der Waals surface area contributed by atoms with Crippen LogP contribution in [-0.2, 0) is 6.54 Å². The van der Waals surface area contributed by atoms with Gasteiger partial charge in [-0.25, -0.2) is 4.39 Å². The molecule has 0 saturated carbocycles. The Balaban J connectivity index is 3.46. The lowest BCUT2D eigenvalue weighted by atomic mass is 10.1. The highest BCUT2D eigenvalue weighted by Gasteiger charge is 2.08. The molecule has 14 heavy (non-hydrogen) atoms. The number of aryl methyl sites for hydroxylation is 2. The first-order valence-electron chi connectivity index (χ1n) is 4.29. The van der Waals surface area contributed by atoms with Gasteiger partial charge in [0.25, 0.3) is 5.56 Å². The molecular formula is C10H11FN2O. The highest BCUT2D eigenvalue weighted by Crippen LogP contribution is 2.04. The summed E-state index contributed by atoms with van der Waals surface area (Å²) in [5, 5.41) is 8.73. The summed E-state index contributed by atoms with van der Waals surface area (Å²) in [6.07, 6.45) is 0. The van der Waals surface area contributed by atoms with Crippen LogP contribution >= 0.6 is 0 Å². The van der Waals surface area contributed by atoms with E-state index in [4.69, 9.17) is 5.26 Å². The van der Waals surface area contributed by atoms with Crippen LogP contribution in [0.2, 0.25) is 0 Å². The first-order valence-corrected chi connectivity index (χ1v) is 4.29. The SMILES string of the molecule is Cc1cc(C)n(CCF)c(=O)c1C#N. The quantitative estimate of drug-likeness (QED) is 0.712. The minimum atomic E-state index is -0.603. The third-order valence-corrected chi connectivity index (χ3v) is 2.12. The van der Waals surface area contributed by atoms with E-state index in [0.717, 1.165) is 0 Å². The van der Waals surface area contributed by atoms with E-state index in [0.29, 0.717) is 11.3 Å². The Bertz CT molecular complexity index is 443. The average Bonchev–Trinajstić information content (AvgIpc) is 2.12. The third kappa shape index (κ3) is 1.67. The second-order valence-corrected chi connectivity index (χ2v) is 3.10. The molecular weight excluding hydrogens is 183 g/mol. The molecule has 0 spiro atoms. The van der Waals surface area contributed by atoms with Crippen molar-refractivity contribution < 1.29 is 4.39 Å². The summed E-state index contributed by atoms with van der Waals surface area (Å²) in [6, 6.07) is 3.55. The molecule has 1 aromatic heterocycles. The van der Waals surface area contributed by atoms with Gasteiger partial charge in [0.05, 0.1) is 6.54 Å². The summed E-state index contributed by atoms with van der Waals surface area (Å²) >= 11 is 0. The number of pyridine rings is 1. The number of rotatable bonds is 2. The van der Waals surface area contributed by atoms with Gasteiger partial charge in [-0.2, -0.15) is 5.26 Å². The molecule has 1 heterocycles. The number of nitrogens with zero attached hydrogens (tertiary/aromatic N) is 2. The van der Waals surface area contributed by atoms with Crippen LogP contribution in [0.5, 0.6) is 0 Å². The molecule has 0 aliphatic heterocycles. The lowest BCUT2D eigenvalue weighted by Crippen LogP contribution is -2.26. The van der Waals surface area contributed by atoms with Gasteiger partial charge >= 0.3 is 0 Å². The third-order valence-electron chi connectivity index (χ3n) is 2.12. The minimum absolute atomic E-state index is 0.0135. The van der Waals surface area contributed by atoms with Crippen LogP contribution in [0.15, 0.2) is 10.9 Å². The molecule has 0 aromatic carbocycles. The molecule has 0 N–H and O–H groups in total. The smallest absolute Gasteiger partial charge is 0.269 e. The number of hydrogen-bond acceptors (Lipinski definition) is 2. The van der Waals surface area contributed by atoms with Crippen molar-refractivity contribution in [1.29, 1.82) is 5.26 Å². The van der Waals surface area contributed by atoms with Crippen molar-refractivity contribution in [2.75, 3.05) is 6.67 Å². The number of nitriles is 1. The first kappa shape index (κ1) is 10.5. The number of hydrogen-bond donors (Lipinski definition) is 0. The first-order chi connectivity index (χ1) is 6.61. The molecule has 0 radical (unpaired) electrons. The summed E-state index contributed by atoms with van der Waals surface area (Å²) in [5.41, 5.74) is 1.03. The Morgan fingerprint density at radius 3 is 2.71 bits per heavy atom. The number of alkyl halides is 1. The molecule has 3 nitrogen and oxygen atoms in total. The van der Waals surface area contributed by atoms with Gasteiger partial charge in [0.15, 0.2) is 0 Å². The molecule has 0 bridgehead atoms. The van der Waals surface area contributed by atoms with E-state index in [1.807, 2.05) is 6.07 Å². The predicted molar refractivity (Wildman–Crippen MR) is 50.9 cm³/mol. The average molecular weight is 194 g/mol. The van der Waals surface area contributed by atoms with E-state index in [2.05, 4.69) is 0 Å². The largest absolute Gasteiger partial charge is 0.309 e. The van der Waals surface area contributed by atoms with E-state index >= 15 is 0 Å². The molecule has 0 atom stereocenters. The Morgan fingerprint density at radius 1 is 1.57 bits per heavy atom. The Labute approximate surface area is 81.4 Å². The summed E-state index contributed by atoms with van der Waals surface area (Å²) in [7, 11) is 0. The van der Waals surface area contributed by atoms with Crippen molar-refractivity contribution in [3.8, 4) is 6.07 Å². The zero-order valence-electron chi connectivity index (χ0n) is 8.17. The fourth-order valence-electron chi connectivity index (χ4n) is 1.43. The standard InChI is InChI=1S/C10H11FN2O/c1-7-5-8(2)13(4-3-11)10(14)9(7)6-12/h5H,3-4H2,1-2H3. The molecule has 74 valence electrons. The van der Waals surface area contributed by atoms with Gasteiger partial charge in [-0.05, 0) is 25.5 Å². The van der Waals surface area contributed by atoms with E-state index in [1.165, 1.54) is 4.57 Å². The highest BCUT2D eigenvalue weighted by atomic mass is 19.1. The van der Waals surface area contributed by atoms with Crippen LogP contribution in [-0.4, -0.2) is 11.2 Å². The van der Waals surface area contributed by atoms with Crippen molar-refractivity contribution in [2.24, 2.45) is 0 Å². The van der Waals surface area contributed by atoms with Gasteiger partial charge < -0.3 is 4.57 Å². The normalized spacial score (nSPS) is 9.86. The lowest BCUT2D eigenvalue weighted by molar-refractivity contribution is 0.436. The van der Waals surface area contributed by atoms with Crippen LogP contribution in [0, 0.1) is 25.2 Å². The van der Waals surface area contributed by atoms with Gasteiger partial charge in [-0.15, -0.1) is 0 Å². The second kappa shape index (κ2) is 4.05. The van der Waals surface area contributed by atoms with Crippen molar-refractivity contribution >= 4 is 0 Å². The minimum Gasteiger partial charge on any atom is -0.309 e. The molecule has 0 amide bonds. The van der Waals surface area contributed by atoms with Gasteiger partial charge in [-0.3, -0.25) is 4.79 Å². The Kier molecular flexibility index (Phi) is 3.03. The fourth-order valence-corrected chi connectivity index (χ4v) is 1.43. The van der Waals surface area contributed by atoms with Crippen molar-refractivity contribution in [1.82, 2.24) is 4.57 Å². The van der Waals surface area contributed by atoms with Crippen molar-refractivity contribution in [3.63, 3.8) is 0 Å². The van der Waals surface area contributed by atoms with Crippen LogP contribution in [0.1, 0.15) is 16.8 Å². The Morgan fingerprint density at radius 2 is 2.21 bits per heavy atom. The number of halogens is 1. The van der Waals surface area contributed by atoms with E-state index in [9.17, 15) is 9.18 Å². The lowest BCUT2D eigenvalue weighted by Gasteiger charge is -2.09. The monoisotopic (exact) mass is 194 g/mol. The predicted octanol–water partition coefficient (Wildman–Crippen LogP) is 1.31. The molecule has 0 unspecified atom stereocenters. The maximum Gasteiger partial charge on any atom is 0.269 e.